The molecule has 0 bridgehead atoms. The molecule has 0 saturated heterocycles. The molecule has 0 aliphatic carbocycles. The minimum Gasteiger partial charge on any atom is -0.434 e. The van der Waals surface area contributed by atoms with Crippen molar-refractivity contribution in [1.82, 2.24) is 15.5 Å². The summed E-state index contributed by atoms with van der Waals surface area (Å²) >= 11 is 0. The van der Waals surface area contributed by atoms with E-state index in [1.165, 1.54) is 20.2 Å². The highest BCUT2D eigenvalue weighted by molar-refractivity contribution is 14.0. The van der Waals surface area contributed by atoms with E-state index in [-0.39, 0.29) is 49.4 Å². The molecular formula is C16H24F5IN4O. The highest BCUT2D eigenvalue weighted by Crippen LogP contribution is 2.22. The molecule has 0 radical (unpaired) electrons. The van der Waals surface area contributed by atoms with Gasteiger partial charge in [0.15, 0.2) is 5.96 Å². The molecule has 1 aromatic carbocycles. The number of hydrogen-bond donors (Lipinski definition) is 2. The molecule has 0 aliphatic rings. The lowest BCUT2D eigenvalue weighted by Crippen LogP contribution is -2.42. The molecule has 0 atom stereocenters. The van der Waals surface area contributed by atoms with E-state index >= 15 is 0 Å². The molecule has 27 heavy (non-hydrogen) atoms. The second-order valence-electron chi connectivity index (χ2n) is 5.70. The van der Waals surface area contributed by atoms with Gasteiger partial charge in [0.2, 0.25) is 0 Å². The maximum absolute atomic E-state index is 12.5. The summed E-state index contributed by atoms with van der Waals surface area (Å²) < 4.78 is 66.2. The van der Waals surface area contributed by atoms with Gasteiger partial charge in [-0.05, 0) is 20.0 Å². The summed E-state index contributed by atoms with van der Waals surface area (Å²) in [6, 6.07) is 4.82. The Morgan fingerprint density at radius 3 is 2.48 bits per heavy atom. The molecule has 1 rings (SSSR count). The zero-order chi connectivity index (χ0) is 19.7. The van der Waals surface area contributed by atoms with Crippen molar-refractivity contribution in [3.05, 3.63) is 29.3 Å². The standard InChI is InChI=1S/C16H23F5N4O.HI/c1-11-4-5-13(26-14(17)18)12(8-11)9-24-15(22-2)23-6-7-25(3)10-16(19,20)21;/h4-5,8,14H,6-7,9-10H2,1-3H3,(H2,22,23,24);1H. The minimum atomic E-state index is -4.25. The number of likely N-dealkylation sites (N-methyl/N-ethyl adjacent to an activating group) is 1. The van der Waals surface area contributed by atoms with Gasteiger partial charge in [0.05, 0.1) is 6.54 Å². The third-order valence-electron chi connectivity index (χ3n) is 3.34. The molecule has 1 aromatic rings. The van der Waals surface area contributed by atoms with Crippen LogP contribution in [0.15, 0.2) is 23.2 Å². The van der Waals surface area contributed by atoms with Crippen molar-refractivity contribution in [2.45, 2.75) is 26.3 Å². The van der Waals surface area contributed by atoms with Crippen molar-refractivity contribution < 1.29 is 26.7 Å². The van der Waals surface area contributed by atoms with Crippen LogP contribution in [-0.4, -0.2) is 57.4 Å². The highest BCUT2D eigenvalue weighted by atomic mass is 127. The lowest BCUT2D eigenvalue weighted by Gasteiger charge is -2.20. The van der Waals surface area contributed by atoms with Crippen molar-refractivity contribution in [3.8, 4) is 5.75 Å². The average Bonchev–Trinajstić information content (AvgIpc) is 2.50. The molecule has 11 heteroatoms. The Hall–Kier alpha value is -1.37. The Balaban J connectivity index is 0.00000676. The van der Waals surface area contributed by atoms with E-state index in [2.05, 4.69) is 20.4 Å². The van der Waals surface area contributed by atoms with E-state index in [4.69, 9.17) is 0 Å². The van der Waals surface area contributed by atoms with Crippen LogP contribution in [0.2, 0.25) is 0 Å². The predicted molar refractivity (Wildman–Crippen MR) is 105 cm³/mol. The minimum absolute atomic E-state index is 0. The third kappa shape index (κ3) is 11.2. The van der Waals surface area contributed by atoms with Crippen LogP contribution in [0.3, 0.4) is 0 Å². The second kappa shape index (κ2) is 12.2. The fourth-order valence-corrected chi connectivity index (χ4v) is 2.21. The number of rotatable bonds is 8. The highest BCUT2D eigenvalue weighted by Gasteiger charge is 2.28. The van der Waals surface area contributed by atoms with Crippen LogP contribution in [0.5, 0.6) is 5.75 Å². The van der Waals surface area contributed by atoms with Gasteiger partial charge < -0.3 is 15.4 Å². The van der Waals surface area contributed by atoms with Gasteiger partial charge in [-0.2, -0.15) is 22.0 Å². The van der Waals surface area contributed by atoms with Gasteiger partial charge in [-0.1, -0.05) is 17.7 Å². The molecule has 5 nitrogen and oxygen atoms in total. The molecule has 2 N–H and O–H groups in total. The zero-order valence-electron chi connectivity index (χ0n) is 15.2. The summed E-state index contributed by atoms with van der Waals surface area (Å²) in [7, 11) is 2.87. The molecular weight excluding hydrogens is 486 g/mol. The Morgan fingerprint density at radius 2 is 1.93 bits per heavy atom. The quantitative estimate of drug-likeness (QED) is 0.244. The molecule has 0 saturated carbocycles. The maximum Gasteiger partial charge on any atom is 0.401 e. The van der Waals surface area contributed by atoms with E-state index in [1.807, 2.05) is 6.92 Å². The van der Waals surface area contributed by atoms with Crippen LogP contribution in [0, 0.1) is 6.92 Å². The summed E-state index contributed by atoms with van der Waals surface area (Å²) in [4.78, 5) is 5.09. The van der Waals surface area contributed by atoms with E-state index < -0.39 is 19.3 Å². The molecule has 0 unspecified atom stereocenters. The fourth-order valence-electron chi connectivity index (χ4n) is 2.21. The first kappa shape index (κ1) is 25.6. The van der Waals surface area contributed by atoms with Crippen molar-refractivity contribution in [2.24, 2.45) is 4.99 Å². The number of nitrogens with one attached hydrogen (secondary N) is 2. The van der Waals surface area contributed by atoms with Gasteiger partial charge in [-0.25, -0.2) is 0 Å². The molecule has 156 valence electrons. The SMILES string of the molecule is CN=C(NCCN(C)CC(F)(F)F)NCc1cc(C)ccc1OC(F)F.I. The molecule has 0 amide bonds. The molecule has 0 aliphatic heterocycles. The largest absolute Gasteiger partial charge is 0.434 e. The number of benzene rings is 1. The van der Waals surface area contributed by atoms with Crippen molar-refractivity contribution in [2.75, 3.05) is 33.7 Å². The Kier molecular flexibility index (Phi) is 11.5. The van der Waals surface area contributed by atoms with E-state index in [0.717, 1.165) is 10.5 Å². The molecule has 0 fully saturated rings. The monoisotopic (exact) mass is 510 g/mol. The predicted octanol–water partition coefficient (Wildman–Crippen LogP) is 3.37. The number of alkyl halides is 5. The van der Waals surface area contributed by atoms with E-state index in [9.17, 15) is 22.0 Å². The smallest absolute Gasteiger partial charge is 0.401 e. The third-order valence-corrected chi connectivity index (χ3v) is 3.34. The van der Waals surface area contributed by atoms with Crippen molar-refractivity contribution in [1.29, 1.82) is 0 Å². The molecule has 0 spiro atoms. The lowest BCUT2D eigenvalue weighted by molar-refractivity contribution is -0.142. The molecule has 0 heterocycles. The second-order valence-corrected chi connectivity index (χ2v) is 5.70. The summed E-state index contributed by atoms with van der Waals surface area (Å²) in [5.41, 5.74) is 1.39. The van der Waals surface area contributed by atoms with Crippen LogP contribution in [-0.2, 0) is 6.54 Å². The van der Waals surface area contributed by atoms with Crippen LogP contribution < -0.4 is 15.4 Å². The van der Waals surface area contributed by atoms with Gasteiger partial charge in [-0.3, -0.25) is 9.89 Å². The number of nitrogens with zero attached hydrogens (tertiary/aromatic N) is 2. The number of aliphatic imine (C=N–C) groups is 1. The van der Waals surface area contributed by atoms with Crippen LogP contribution in [0.4, 0.5) is 22.0 Å². The maximum atomic E-state index is 12.5. The lowest BCUT2D eigenvalue weighted by atomic mass is 10.1. The number of hydrogen-bond acceptors (Lipinski definition) is 3. The van der Waals surface area contributed by atoms with Gasteiger partial charge in [0.1, 0.15) is 5.75 Å². The molecule has 0 aromatic heterocycles. The van der Waals surface area contributed by atoms with Crippen LogP contribution >= 0.6 is 24.0 Å². The van der Waals surface area contributed by atoms with E-state index in [1.54, 1.807) is 12.1 Å². The average molecular weight is 510 g/mol. The van der Waals surface area contributed by atoms with Crippen molar-refractivity contribution in [3.63, 3.8) is 0 Å². The van der Waals surface area contributed by atoms with E-state index in [0.29, 0.717) is 11.5 Å². The Labute approximate surface area is 172 Å². The summed E-state index contributed by atoms with van der Waals surface area (Å²) in [6.45, 7) is -1.55. The van der Waals surface area contributed by atoms with Gasteiger partial charge in [-0.15, -0.1) is 24.0 Å². The van der Waals surface area contributed by atoms with Gasteiger partial charge >= 0.3 is 12.8 Å². The number of aryl methyl sites for hydroxylation is 1. The normalized spacial score (nSPS) is 12.1. The first-order chi connectivity index (χ1) is 12.1. The summed E-state index contributed by atoms with van der Waals surface area (Å²) in [5, 5.41) is 5.79. The fraction of sp³-hybridized carbons (Fsp3) is 0.562. The van der Waals surface area contributed by atoms with Crippen LogP contribution in [0.1, 0.15) is 11.1 Å². The van der Waals surface area contributed by atoms with Crippen molar-refractivity contribution >= 4 is 29.9 Å². The Bertz CT molecular complexity index is 599. The number of ether oxygens (including phenoxy) is 1. The zero-order valence-corrected chi connectivity index (χ0v) is 17.6. The number of halogens is 6. The Morgan fingerprint density at radius 1 is 1.26 bits per heavy atom. The first-order valence-electron chi connectivity index (χ1n) is 7.85. The number of guanidine groups is 1. The first-order valence-corrected chi connectivity index (χ1v) is 7.85. The van der Waals surface area contributed by atoms with Gasteiger partial charge in [0, 0.05) is 32.2 Å². The van der Waals surface area contributed by atoms with Gasteiger partial charge in [0.25, 0.3) is 0 Å². The summed E-state index contributed by atoms with van der Waals surface area (Å²) in [5.74, 6) is 0.397. The topological polar surface area (TPSA) is 48.9 Å². The summed E-state index contributed by atoms with van der Waals surface area (Å²) in [6.07, 6.45) is -4.25. The van der Waals surface area contributed by atoms with Crippen LogP contribution in [0.25, 0.3) is 0 Å².